The molecule has 1 atom stereocenters. The Labute approximate surface area is 187 Å². The maximum absolute atomic E-state index is 13.4. The van der Waals surface area contributed by atoms with E-state index in [-0.39, 0.29) is 10.7 Å². The molecule has 0 aliphatic rings. The lowest BCUT2D eigenvalue weighted by Gasteiger charge is -2.25. The Bertz CT molecular complexity index is 1050. The molecule has 1 unspecified atom stereocenters. The average molecular weight is 460 g/mol. The highest BCUT2D eigenvalue weighted by molar-refractivity contribution is 8.14. The topological polar surface area (TPSA) is 32.7 Å². The Morgan fingerprint density at radius 2 is 1.50 bits per heavy atom. The molecule has 0 saturated heterocycles. The van der Waals surface area contributed by atoms with E-state index < -0.39 is 29.6 Å². The van der Waals surface area contributed by atoms with E-state index in [2.05, 4.69) is 4.99 Å². The summed E-state index contributed by atoms with van der Waals surface area (Å²) in [6.45, 7) is 0. The molecule has 3 rings (SSSR count). The minimum Gasteiger partial charge on any atom is -0.324 e. The minimum absolute atomic E-state index is 0.101. The summed E-state index contributed by atoms with van der Waals surface area (Å²) in [6, 6.07) is 22.0. The lowest BCUT2D eigenvalue weighted by Crippen LogP contribution is -2.26. The summed E-state index contributed by atoms with van der Waals surface area (Å²) in [5, 5.41) is -1.02. The van der Waals surface area contributed by atoms with Crippen LogP contribution in [0, 0.1) is 5.82 Å². The standard InChI is InChI=1S/C24H20F4N2OS/c1-30(20-10-6-3-7-11-20)23(29-22(31)18-8-4-2-5-9-18)32-21(16-24(26,27)28)17-12-14-19(25)15-13-17/h2-15,21H,16H2,1H3. The summed E-state index contributed by atoms with van der Waals surface area (Å²) < 4.78 is 53.4. The van der Waals surface area contributed by atoms with E-state index in [1.807, 2.05) is 0 Å². The molecule has 0 spiro atoms. The average Bonchev–Trinajstić information content (AvgIpc) is 2.78. The molecule has 0 bridgehead atoms. The number of benzene rings is 3. The lowest BCUT2D eigenvalue weighted by molar-refractivity contribution is -0.134. The minimum atomic E-state index is -4.47. The van der Waals surface area contributed by atoms with Crippen molar-refractivity contribution in [2.24, 2.45) is 4.99 Å². The van der Waals surface area contributed by atoms with Crippen molar-refractivity contribution in [3.63, 3.8) is 0 Å². The third-order valence-corrected chi connectivity index (χ3v) is 5.85. The number of anilines is 1. The zero-order valence-electron chi connectivity index (χ0n) is 17.1. The molecule has 0 aliphatic heterocycles. The van der Waals surface area contributed by atoms with Gasteiger partial charge in [0.25, 0.3) is 5.91 Å². The SMILES string of the molecule is CN(C(=NC(=O)c1ccccc1)SC(CC(F)(F)F)c1ccc(F)cc1)c1ccccc1. The molecule has 1 amide bonds. The van der Waals surface area contributed by atoms with Gasteiger partial charge in [-0.25, -0.2) is 4.39 Å². The van der Waals surface area contributed by atoms with E-state index in [0.29, 0.717) is 11.3 Å². The molecule has 3 aromatic rings. The van der Waals surface area contributed by atoms with Gasteiger partial charge in [0.1, 0.15) is 5.82 Å². The van der Waals surface area contributed by atoms with E-state index in [1.54, 1.807) is 72.6 Å². The van der Waals surface area contributed by atoms with Gasteiger partial charge in [0, 0.05) is 23.5 Å². The molecule has 0 radical (unpaired) electrons. The van der Waals surface area contributed by atoms with Gasteiger partial charge in [0.2, 0.25) is 0 Å². The Balaban J connectivity index is 2.00. The van der Waals surface area contributed by atoms with E-state index in [1.165, 1.54) is 12.1 Å². The van der Waals surface area contributed by atoms with Crippen LogP contribution in [0.15, 0.2) is 89.9 Å². The van der Waals surface area contributed by atoms with Crippen molar-refractivity contribution in [3.8, 4) is 0 Å². The highest BCUT2D eigenvalue weighted by atomic mass is 32.2. The first-order valence-corrected chi connectivity index (χ1v) is 10.6. The first-order valence-electron chi connectivity index (χ1n) is 9.68. The van der Waals surface area contributed by atoms with Gasteiger partial charge in [0.15, 0.2) is 5.17 Å². The molecule has 32 heavy (non-hydrogen) atoms. The molecule has 0 aliphatic carbocycles. The maximum atomic E-state index is 13.4. The van der Waals surface area contributed by atoms with Crippen molar-refractivity contribution < 1.29 is 22.4 Å². The monoisotopic (exact) mass is 460 g/mol. The van der Waals surface area contributed by atoms with Crippen molar-refractivity contribution in [2.45, 2.75) is 17.8 Å². The molecule has 8 heteroatoms. The van der Waals surface area contributed by atoms with Crippen molar-refractivity contribution in [1.29, 1.82) is 0 Å². The number of halogens is 4. The summed E-state index contributed by atoms with van der Waals surface area (Å²) in [5.74, 6) is -1.11. The summed E-state index contributed by atoms with van der Waals surface area (Å²) in [4.78, 5) is 18.5. The number of carbonyl (C=O) groups is 1. The number of hydrogen-bond donors (Lipinski definition) is 0. The zero-order chi connectivity index (χ0) is 23.1. The van der Waals surface area contributed by atoms with Gasteiger partial charge in [-0.1, -0.05) is 60.3 Å². The second kappa shape index (κ2) is 10.5. The van der Waals surface area contributed by atoms with Crippen LogP contribution in [-0.4, -0.2) is 24.3 Å². The Morgan fingerprint density at radius 1 is 0.938 bits per heavy atom. The molecule has 3 aromatic carbocycles. The molecular formula is C24H20F4N2OS. The molecule has 0 N–H and O–H groups in total. The van der Waals surface area contributed by atoms with Crippen molar-refractivity contribution >= 4 is 28.5 Å². The van der Waals surface area contributed by atoms with Gasteiger partial charge >= 0.3 is 6.18 Å². The molecule has 0 saturated carbocycles. The first kappa shape index (κ1) is 23.5. The number of thioether (sulfide) groups is 1. The van der Waals surface area contributed by atoms with Gasteiger partial charge < -0.3 is 4.90 Å². The van der Waals surface area contributed by atoms with E-state index in [0.717, 1.165) is 23.9 Å². The normalized spacial score (nSPS) is 13.0. The van der Waals surface area contributed by atoms with Crippen LogP contribution >= 0.6 is 11.8 Å². The quantitative estimate of drug-likeness (QED) is 0.236. The van der Waals surface area contributed by atoms with Crippen molar-refractivity contribution in [1.82, 2.24) is 0 Å². The highest BCUT2D eigenvalue weighted by Crippen LogP contribution is 2.40. The molecule has 166 valence electrons. The number of amidine groups is 1. The van der Waals surface area contributed by atoms with Gasteiger partial charge in [-0.3, -0.25) is 4.79 Å². The molecular weight excluding hydrogens is 440 g/mol. The molecule has 0 aromatic heterocycles. The van der Waals surface area contributed by atoms with Crippen LogP contribution in [0.25, 0.3) is 0 Å². The van der Waals surface area contributed by atoms with Crippen LogP contribution in [0.1, 0.15) is 27.6 Å². The van der Waals surface area contributed by atoms with Gasteiger partial charge in [-0.05, 0) is 42.0 Å². The fourth-order valence-corrected chi connectivity index (χ4v) is 4.14. The van der Waals surface area contributed by atoms with Gasteiger partial charge in [-0.2, -0.15) is 18.2 Å². The molecule has 3 nitrogen and oxygen atoms in total. The number of hydrogen-bond acceptors (Lipinski definition) is 2. The van der Waals surface area contributed by atoms with Crippen LogP contribution in [-0.2, 0) is 0 Å². The Kier molecular flexibility index (Phi) is 7.69. The van der Waals surface area contributed by atoms with Crippen LogP contribution in [0.3, 0.4) is 0 Å². The predicted molar refractivity (Wildman–Crippen MR) is 120 cm³/mol. The predicted octanol–water partition coefficient (Wildman–Crippen LogP) is 6.89. The van der Waals surface area contributed by atoms with Gasteiger partial charge in [0.05, 0.1) is 6.42 Å². The van der Waals surface area contributed by atoms with E-state index >= 15 is 0 Å². The summed E-state index contributed by atoms with van der Waals surface area (Å²) in [6.07, 6.45) is -5.63. The summed E-state index contributed by atoms with van der Waals surface area (Å²) in [5.41, 5.74) is 1.26. The maximum Gasteiger partial charge on any atom is 0.390 e. The van der Waals surface area contributed by atoms with Crippen LogP contribution < -0.4 is 4.90 Å². The largest absolute Gasteiger partial charge is 0.390 e. The Morgan fingerprint density at radius 3 is 2.06 bits per heavy atom. The summed E-state index contributed by atoms with van der Waals surface area (Å²) in [7, 11) is 1.63. The second-order valence-electron chi connectivity index (χ2n) is 6.94. The smallest absolute Gasteiger partial charge is 0.324 e. The first-order chi connectivity index (χ1) is 15.2. The number of aliphatic imine (C=N–C) groups is 1. The fourth-order valence-electron chi connectivity index (χ4n) is 2.92. The van der Waals surface area contributed by atoms with Crippen LogP contribution in [0.2, 0.25) is 0 Å². The number of para-hydroxylation sites is 1. The lowest BCUT2D eigenvalue weighted by atomic mass is 10.1. The third kappa shape index (κ3) is 6.68. The second-order valence-corrected chi connectivity index (χ2v) is 8.11. The number of nitrogens with zero attached hydrogens (tertiary/aromatic N) is 2. The summed E-state index contributed by atoms with van der Waals surface area (Å²) >= 11 is 0.814. The molecule has 0 fully saturated rings. The highest BCUT2D eigenvalue weighted by Gasteiger charge is 2.34. The number of rotatable bonds is 5. The van der Waals surface area contributed by atoms with Crippen LogP contribution in [0.4, 0.5) is 23.2 Å². The van der Waals surface area contributed by atoms with E-state index in [4.69, 9.17) is 0 Å². The van der Waals surface area contributed by atoms with Gasteiger partial charge in [-0.15, -0.1) is 0 Å². The van der Waals surface area contributed by atoms with Crippen LogP contribution in [0.5, 0.6) is 0 Å². The van der Waals surface area contributed by atoms with E-state index in [9.17, 15) is 22.4 Å². The molecule has 0 heterocycles. The fraction of sp³-hybridized carbons (Fsp3) is 0.167. The zero-order valence-corrected chi connectivity index (χ0v) is 17.9. The number of carbonyl (C=O) groups excluding carboxylic acids is 1. The van der Waals surface area contributed by atoms with Crippen molar-refractivity contribution in [3.05, 3.63) is 102 Å². The number of amides is 1. The third-order valence-electron chi connectivity index (χ3n) is 4.55. The van der Waals surface area contributed by atoms with Crippen molar-refractivity contribution in [2.75, 3.05) is 11.9 Å². The Hall–Kier alpha value is -3.13. The number of alkyl halides is 3.